The average molecular weight is 802 g/mol. The van der Waals surface area contributed by atoms with Crippen molar-refractivity contribution in [3.05, 3.63) is 113 Å². The fraction of sp³-hybridized carbons (Fsp3) is 0.0625. The largest absolute Gasteiger partial charge is 0.466 e. The fourth-order valence-electron chi connectivity index (χ4n) is 4.07. The molecule has 0 radical (unpaired) electrons. The number of hydrogen-bond acceptors (Lipinski definition) is 5. The highest BCUT2D eigenvalue weighted by atomic mass is 79.9. The zero-order chi connectivity index (χ0) is 31.3. The summed E-state index contributed by atoms with van der Waals surface area (Å²) in [4.78, 5) is 25.0. The summed E-state index contributed by atoms with van der Waals surface area (Å²) in [5, 5.41) is 1.000. The van der Waals surface area contributed by atoms with Gasteiger partial charge in [-0.3, -0.25) is 0 Å². The van der Waals surface area contributed by atoms with Crippen LogP contribution in [0.5, 0.6) is 0 Å². The molecule has 0 fully saturated rings. The molecular formula is C32H20Br2Cl4O4S. The molecule has 0 atom stereocenters. The van der Waals surface area contributed by atoms with Gasteiger partial charge in [0.25, 0.3) is 0 Å². The zero-order valence-corrected chi connectivity index (χ0v) is 29.4. The maximum atomic E-state index is 11.9. The summed E-state index contributed by atoms with van der Waals surface area (Å²) in [5.74, 6) is -1.07. The van der Waals surface area contributed by atoms with Crippen LogP contribution in [0, 0.1) is 0 Å². The average Bonchev–Trinajstić information content (AvgIpc) is 3.00. The van der Waals surface area contributed by atoms with Crippen molar-refractivity contribution in [1.29, 1.82) is 0 Å². The summed E-state index contributed by atoms with van der Waals surface area (Å²) < 4.78 is 11.2. The molecule has 0 unspecified atom stereocenters. The van der Waals surface area contributed by atoms with Crippen molar-refractivity contribution in [2.75, 3.05) is 14.2 Å². The molecule has 0 aliphatic rings. The summed E-state index contributed by atoms with van der Waals surface area (Å²) in [5.41, 5.74) is 4.16. The molecule has 43 heavy (non-hydrogen) atoms. The lowest BCUT2D eigenvalue weighted by Crippen LogP contribution is -1.96. The Morgan fingerprint density at radius 3 is 1.35 bits per heavy atom. The van der Waals surface area contributed by atoms with Gasteiger partial charge in [0.1, 0.15) is 0 Å². The quantitative estimate of drug-likeness (QED) is 0.131. The summed E-state index contributed by atoms with van der Waals surface area (Å²) in [6.07, 6.45) is 5.71. The molecule has 0 bridgehead atoms. The van der Waals surface area contributed by atoms with Crippen LogP contribution in [0.4, 0.5) is 0 Å². The zero-order valence-electron chi connectivity index (χ0n) is 22.4. The van der Waals surface area contributed by atoms with Gasteiger partial charge in [0.15, 0.2) is 0 Å². The Hall–Kier alpha value is -2.23. The molecule has 4 rings (SSSR count). The van der Waals surface area contributed by atoms with Crippen LogP contribution in [0.1, 0.15) is 11.1 Å². The van der Waals surface area contributed by atoms with E-state index in [1.54, 1.807) is 12.2 Å². The molecule has 0 amide bonds. The van der Waals surface area contributed by atoms with Crippen LogP contribution in [-0.2, 0) is 19.1 Å². The smallest absolute Gasteiger partial charge is 0.330 e. The van der Waals surface area contributed by atoms with Crippen LogP contribution in [-0.4, -0.2) is 26.2 Å². The van der Waals surface area contributed by atoms with E-state index in [1.165, 1.54) is 38.1 Å². The van der Waals surface area contributed by atoms with Crippen LogP contribution in [0.15, 0.2) is 91.6 Å². The van der Waals surface area contributed by atoms with Gasteiger partial charge in [-0.25, -0.2) is 9.59 Å². The van der Waals surface area contributed by atoms with Gasteiger partial charge in [-0.05, 0) is 58.7 Å². The van der Waals surface area contributed by atoms with E-state index < -0.39 is 11.9 Å². The minimum Gasteiger partial charge on any atom is -0.466 e. The second-order valence-electron chi connectivity index (χ2n) is 8.70. The van der Waals surface area contributed by atoms with Crippen molar-refractivity contribution < 1.29 is 19.1 Å². The van der Waals surface area contributed by atoms with Gasteiger partial charge in [-0.2, -0.15) is 0 Å². The SMILES string of the molecule is COC(=O)C=Cc1c(-c2ccccc2Br)cc(Sc2cc(-c3ccccc3Br)c(C=CC(=O)OC)c(Cl)c2Cl)c(Cl)c1Cl. The van der Waals surface area contributed by atoms with E-state index in [0.29, 0.717) is 20.9 Å². The number of carbonyl (C=O) groups is 2. The lowest BCUT2D eigenvalue weighted by molar-refractivity contribution is -0.135. The molecular weight excluding hydrogens is 782 g/mol. The van der Waals surface area contributed by atoms with Crippen LogP contribution < -0.4 is 0 Å². The summed E-state index contributed by atoms with van der Waals surface area (Å²) in [6, 6.07) is 19.0. The number of rotatable bonds is 8. The number of halogens is 6. The monoisotopic (exact) mass is 798 g/mol. The number of hydrogen-bond donors (Lipinski definition) is 0. The Morgan fingerprint density at radius 1 is 0.628 bits per heavy atom. The molecule has 4 aromatic carbocycles. The van der Waals surface area contributed by atoms with Crippen LogP contribution in [0.3, 0.4) is 0 Å². The van der Waals surface area contributed by atoms with Crippen LogP contribution in [0.25, 0.3) is 34.4 Å². The van der Waals surface area contributed by atoms with Gasteiger partial charge in [-0.1, -0.05) is 126 Å². The third-order valence-electron chi connectivity index (χ3n) is 6.14. The molecule has 0 heterocycles. The lowest BCUT2D eigenvalue weighted by Gasteiger charge is -2.18. The highest BCUT2D eigenvalue weighted by Crippen LogP contribution is 2.49. The van der Waals surface area contributed by atoms with Crippen molar-refractivity contribution in [2.45, 2.75) is 9.79 Å². The predicted octanol–water partition coefficient (Wildman–Crippen LogP) is 11.7. The topological polar surface area (TPSA) is 52.6 Å². The Kier molecular flexibility index (Phi) is 11.9. The van der Waals surface area contributed by atoms with Gasteiger partial charge < -0.3 is 9.47 Å². The molecule has 0 spiro atoms. The maximum Gasteiger partial charge on any atom is 0.330 e. The maximum absolute atomic E-state index is 11.9. The summed E-state index contributed by atoms with van der Waals surface area (Å²) in [7, 11) is 2.59. The van der Waals surface area contributed by atoms with Crippen molar-refractivity contribution in [1.82, 2.24) is 0 Å². The van der Waals surface area contributed by atoms with Crippen molar-refractivity contribution >= 4 is 114 Å². The van der Waals surface area contributed by atoms with E-state index in [1.807, 2.05) is 60.7 Å². The Balaban J connectivity index is 1.94. The van der Waals surface area contributed by atoms with E-state index >= 15 is 0 Å². The number of carbonyl (C=O) groups excluding carboxylic acids is 2. The molecule has 0 saturated carbocycles. The molecule has 0 N–H and O–H groups in total. The summed E-state index contributed by atoms with van der Waals surface area (Å²) in [6.45, 7) is 0. The van der Waals surface area contributed by atoms with E-state index in [9.17, 15) is 9.59 Å². The molecule has 0 aliphatic carbocycles. The second kappa shape index (κ2) is 15.2. The number of esters is 2. The molecule has 220 valence electrons. The first-order chi connectivity index (χ1) is 20.6. The lowest BCUT2D eigenvalue weighted by atomic mass is 9.99. The highest BCUT2D eigenvalue weighted by Gasteiger charge is 2.22. The molecule has 0 aliphatic heterocycles. The second-order valence-corrected chi connectivity index (χ2v) is 13.0. The van der Waals surface area contributed by atoms with Gasteiger partial charge >= 0.3 is 11.9 Å². The van der Waals surface area contributed by atoms with E-state index in [0.717, 1.165) is 31.2 Å². The first kappa shape index (κ1) is 33.7. The van der Waals surface area contributed by atoms with Gasteiger partial charge in [-0.15, -0.1) is 0 Å². The third-order valence-corrected chi connectivity index (χ3v) is 10.6. The van der Waals surface area contributed by atoms with Crippen molar-refractivity contribution in [3.8, 4) is 22.3 Å². The Labute approximate surface area is 290 Å². The standard InChI is InChI=1S/C32H20Br2Cl4O4S/c1-41-27(39)13-11-19-21(17-7-3-5-9-23(17)33)15-25(31(37)29(19)35)43-26-16-22(18-8-4-6-10-24(18)34)20(30(36)32(26)38)12-14-28(40)42-2/h3-16H,1-2H3. The molecule has 4 nitrogen and oxygen atoms in total. The fourth-order valence-corrected chi connectivity index (χ4v) is 7.23. The number of methoxy groups -OCH3 is 2. The first-order valence-corrected chi connectivity index (χ1v) is 16.2. The van der Waals surface area contributed by atoms with Gasteiger partial charge in [0, 0.05) is 42.0 Å². The molecule has 0 saturated heterocycles. The van der Waals surface area contributed by atoms with E-state index in [-0.39, 0.29) is 20.1 Å². The van der Waals surface area contributed by atoms with E-state index in [4.69, 9.17) is 55.9 Å². The Morgan fingerprint density at radius 2 is 1.00 bits per heavy atom. The minimum absolute atomic E-state index is 0.239. The Bertz CT molecular complexity index is 1660. The molecule has 0 aromatic heterocycles. The van der Waals surface area contributed by atoms with Gasteiger partial charge in [0.05, 0.1) is 34.3 Å². The summed E-state index contributed by atoms with van der Waals surface area (Å²) >= 11 is 35.9. The number of benzene rings is 4. The van der Waals surface area contributed by atoms with Crippen LogP contribution >= 0.6 is 90.0 Å². The number of ether oxygens (including phenoxy) is 2. The molecule has 4 aromatic rings. The van der Waals surface area contributed by atoms with Gasteiger partial charge in [0.2, 0.25) is 0 Å². The van der Waals surface area contributed by atoms with Crippen molar-refractivity contribution in [2.24, 2.45) is 0 Å². The van der Waals surface area contributed by atoms with E-state index in [2.05, 4.69) is 31.9 Å². The molecule has 11 heteroatoms. The third kappa shape index (κ3) is 7.71. The highest BCUT2D eigenvalue weighted by molar-refractivity contribution is 9.11. The van der Waals surface area contributed by atoms with Crippen molar-refractivity contribution in [3.63, 3.8) is 0 Å². The minimum atomic E-state index is -0.536. The normalized spacial score (nSPS) is 11.3. The van der Waals surface area contributed by atoms with Crippen LogP contribution in [0.2, 0.25) is 20.1 Å². The first-order valence-electron chi connectivity index (χ1n) is 12.3. The predicted molar refractivity (Wildman–Crippen MR) is 185 cm³/mol.